The van der Waals surface area contributed by atoms with E-state index in [0.717, 1.165) is 0 Å². The van der Waals surface area contributed by atoms with E-state index in [0.29, 0.717) is 12.8 Å². The van der Waals surface area contributed by atoms with Crippen LogP contribution in [0.4, 0.5) is 0 Å². The summed E-state index contributed by atoms with van der Waals surface area (Å²) >= 11 is 12.0. The number of carbonyl (C=O) groups is 1. The second-order valence-corrected chi connectivity index (χ2v) is 7.70. The van der Waals surface area contributed by atoms with E-state index in [1.165, 1.54) is 21.3 Å². The number of likely N-dealkylation sites (N-methyl/N-ethyl adjacent to an activating group) is 1. The smallest absolute Gasteiger partial charge is 0.246 e. The minimum absolute atomic E-state index is 0.0606. The van der Waals surface area contributed by atoms with E-state index >= 15 is 0 Å². The van der Waals surface area contributed by atoms with Crippen LogP contribution in [0.25, 0.3) is 0 Å². The first kappa shape index (κ1) is 16.5. The minimum Gasteiger partial charge on any atom is -0.347 e. The Morgan fingerprint density at radius 2 is 1.86 bits per heavy atom. The number of hydrogen-bond donors (Lipinski definition) is 0. The van der Waals surface area contributed by atoms with Gasteiger partial charge in [-0.05, 0) is 25.0 Å². The molecule has 21 heavy (non-hydrogen) atoms. The highest BCUT2D eigenvalue weighted by atomic mass is 35.5. The van der Waals surface area contributed by atoms with Crippen molar-refractivity contribution in [1.82, 2.24) is 9.21 Å². The Bertz CT molecular complexity index is 641. The van der Waals surface area contributed by atoms with Crippen LogP contribution in [0.2, 0.25) is 10.0 Å². The Labute approximate surface area is 134 Å². The van der Waals surface area contributed by atoms with E-state index in [9.17, 15) is 13.2 Å². The lowest BCUT2D eigenvalue weighted by atomic mass is 10.2. The fourth-order valence-corrected chi connectivity index (χ4v) is 5.16. The Balaban J connectivity index is 2.46. The standard InChI is InChI=1S/C13H16Cl2N2O3S/c1-16(2)13(18)11-7-4-8-17(11)21(19,20)12-9(14)5-3-6-10(12)15/h3,5-6,11H,4,7-8H2,1-2H3/t11-/m1/s1. The zero-order chi connectivity index (χ0) is 15.8. The van der Waals surface area contributed by atoms with Crippen molar-refractivity contribution < 1.29 is 13.2 Å². The number of halogens is 2. The van der Waals surface area contributed by atoms with Crippen LogP contribution >= 0.6 is 23.2 Å². The van der Waals surface area contributed by atoms with Gasteiger partial charge < -0.3 is 4.90 Å². The van der Waals surface area contributed by atoms with Crippen LogP contribution in [0, 0.1) is 0 Å². The van der Waals surface area contributed by atoms with Gasteiger partial charge in [0.25, 0.3) is 0 Å². The summed E-state index contributed by atoms with van der Waals surface area (Å²) in [7, 11) is -0.696. The van der Waals surface area contributed by atoms with Gasteiger partial charge in [0.15, 0.2) is 0 Å². The third-order valence-corrected chi connectivity index (χ3v) is 6.28. The third-order valence-electron chi connectivity index (χ3n) is 3.42. The molecular formula is C13H16Cl2N2O3S. The van der Waals surface area contributed by atoms with E-state index < -0.39 is 16.1 Å². The maximum atomic E-state index is 12.8. The molecule has 0 radical (unpaired) electrons. The summed E-state index contributed by atoms with van der Waals surface area (Å²) in [5.74, 6) is -0.237. The fraction of sp³-hybridized carbons (Fsp3) is 0.462. The summed E-state index contributed by atoms with van der Waals surface area (Å²) in [5.41, 5.74) is 0. The van der Waals surface area contributed by atoms with Crippen LogP contribution in [0.1, 0.15) is 12.8 Å². The Hall–Kier alpha value is -0.820. The highest BCUT2D eigenvalue weighted by Crippen LogP contribution is 2.35. The number of amides is 1. The number of benzene rings is 1. The molecule has 0 bridgehead atoms. The Kier molecular flexibility index (Phi) is 4.82. The molecule has 1 aromatic carbocycles. The SMILES string of the molecule is CN(C)C(=O)[C@H]1CCCN1S(=O)(=O)c1c(Cl)cccc1Cl. The van der Waals surface area contributed by atoms with Crippen LogP contribution in [-0.4, -0.2) is 50.2 Å². The van der Waals surface area contributed by atoms with Gasteiger partial charge in [-0.2, -0.15) is 4.31 Å². The monoisotopic (exact) mass is 350 g/mol. The van der Waals surface area contributed by atoms with Gasteiger partial charge >= 0.3 is 0 Å². The molecule has 1 amide bonds. The molecule has 1 fully saturated rings. The zero-order valence-electron chi connectivity index (χ0n) is 11.7. The van der Waals surface area contributed by atoms with Crippen LogP contribution in [-0.2, 0) is 14.8 Å². The molecule has 1 saturated heterocycles. The predicted octanol–water partition coefficient (Wildman–Crippen LogP) is 2.23. The molecule has 5 nitrogen and oxygen atoms in total. The van der Waals surface area contributed by atoms with Crippen LogP contribution < -0.4 is 0 Å². The van der Waals surface area contributed by atoms with Crippen molar-refractivity contribution >= 4 is 39.1 Å². The second-order valence-electron chi connectivity index (χ2n) is 5.06. The molecule has 0 unspecified atom stereocenters. The van der Waals surface area contributed by atoms with Crippen LogP contribution in [0.5, 0.6) is 0 Å². The van der Waals surface area contributed by atoms with Crippen molar-refractivity contribution in [2.24, 2.45) is 0 Å². The Morgan fingerprint density at radius 1 is 1.29 bits per heavy atom. The molecule has 116 valence electrons. The maximum Gasteiger partial charge on any atom is 0.246 e. The van der Waals surface area contributed by atoms with E-state index in [1.807, 2.05) is 0 Å². The first-order valence-electron chi connectivity index (χ1n) is 6.44. The van der Waals surface area contributed by atoms with E-state index in [4.69, 9.17) is 23.2 Å². The van der Waals surface area contributed by atoms with Gasteiger partial charge in [-0.1, -0.05) is 29.3 Å². The summed E-state index contributed by atoms with van der Waals surface area (Å²) < 4.78 is 26.8. The van der Waals surface area contributed by atoms with Crippen molar-refractivity contribution in [1.29, 1.82) is 0 Å². The van der Waals surface area contributed by atoms with Crippen molar-refractivity contribution in [3.8, 4) is 0 Å². The number of carbonyl (C=O) groups excluding carboxylic acids is 1. The third kappa shape index (κ3) is 3.04. The van der Waals surface area contributed by atoms with Gasteiger partial charge in [-0.25, -0.2) is 8.42 Å². The first-order valence-corrected chi connectivity index (χ1v) is 8.63. The summed E-state index contributed by atoms with van der Waals surface area (Å²) in [5, 5.41) is 0.121. The van der Waals surface area contributed by atoms with Crippen LogP contribution in [0.3, 0.4) is 0 Å². The second kappa shape index (κ2) is 6.12. The summed E-state index contributed by atoms with van der Waals surface area (Å²) in [4.78, 5) is 13.4. The highest BCUT2D eigenvalue weighted by molar-refractivity contribution is 7.89. The Morgan fingerprint density at radius 3 is 2.38 bits per heavy atom. The first-order chi connectivity index (χ1) is 9.76. The molecule has 1 aliphatic rings. The van der Waals surface area contributed by atoms with E-state index in [2.05, 4.69) is 0 Å². The molecule has 1 heterocycles. The van der Waals surface area contributed by atoms with Crippen molar-refractivity contribution in [3.05, 3.63) is 28.2 Å². The van der Waals surface area contributed by atoms with E-state index in [-0.39, 0.29) is 27.4 Å². The maximum absolute atomic E-state index is 12.8. The average molecular weight is 351 g/mol. The van der Waals surface area contributed by atoms with Gasteiger partial charge in [-0.15, -0.1) is 0 Å². The summed E-state index contributed by atoms with van der Waals surface area (Å²) in [6, 6.07) is 3.83. The van der Waals surface area contributed by atoms with Gasteiger partial charge in [-0.3, -0.25) is 4.79 Å². The minimum atomic E-state index is -3.91. The molecule has 2 rings (SSSR count). The van der Waals surface area contributed by atoms with Gasteiger partial charge in [0.1, 0.15) is 10.9 Å². The fourth-order valence-electron chi connectivity index (χ4n) is 2.42. The van der Waals surface area contributed by atoms with Gasteiger partial charge in [0.05, 0.1) is 10.0 Å². The molecule has 0 saturated carbocycles. The molecule has 8 heteroatoms. The van der Waals surface area contributed by atoms with Crippen molar-refractivity contribution in [2.75, 3.05) is 20.6 Å². The number of sulfonamides is 1. The van der Waals surface area contributed by atoms with Gasteiger partial charge in [0, 0.05) is 20.6 Å². The lowest BCUT2D eigenvalue weighted by molar-refractivity contribution is -0.132. The molecule has 0 N–H and O–H groups in total. The lowest BCUT2D eigenvalue weighted by Gasteiger charge is -2.26. The molecule has 0 spiro atoms. The molecule has 1 aliphatic heterocycles. The topological polar surface area (TPSA) is 57.7 Å². The zero-order valence-corrected chi connectivity index (χ0v) is 14.0. The molecule has 0 aliphatic carbocycles. The number of nitrogens with zero attached hydrogens (tertiary/aromatic N) is 2. The van der Waals surface area contributed by atoms with Crippen molar-refractivity contribution in [3.63, 3.8) is 0 Å². The highest BCUT2D eigenvalue weighted by Gasteiger charge is 2.41. The van der Waals surface area contributed by atoms with Crippen LogP contribution in [0.15, 0.2) is 23.1 Å². The molecular weight excluding hydrogens is 335 g/mol. The number of hydrogen-bond acceptors (Lipinski definition) is 3. The molecule has 1 aromatic rings. The van der Waals surface area contributed by atoms with Crippen molar-refractivity contribution in [2.45, 2.75) is 23.8 Å². The summed E-state index contributed by atoms with van der Waals surface area (Å²) in [6.45, 7) is 0.286. The van der Waals surface area contributed by atoms with Gasteiger partial charge in [0.2, 0.25) is 15.9 Å². The number of rotatable bonds is 3. The predicted molar refractivity (Wildman–Crippen MR) is 82.1 cm³/mol. The average Bonchev–Trinajstić information content (AvgIpc) is 2.86. The largest absolute Gasteiger partial charge is 0.347 e. The quantitative estimate of drug-likeness (QED) is 0.839. The molecule has 1 atom stereocenters. The van der Waals surface area contributed by atoms with E-state index in [1.54, 1.807) is 20.2 Å². The molecule has 0 aromatic heterocycles. The normalized spacial score (nSPS) is 19.7. The summed E-state index contributed by atoms with van der Waals surface area (Å²) in [6.07, 6.45) is 1.13. The lowest BCUT2D eigenvalue weighted by Crippen LogP contribution is -2.45.